The Balaban J connectivity index is 1.85. The molecular weight excluding hydrogens is 349 g/mol. The number of anilines is 1. The molecule has 0 bridgehead atoms. The van der Waals surface area contributed by atoms with Gasteiger partial charge in [0.2, 0.25) is 6.10 Å². The summed E-state index contributed by atoms with van der Waals surface area (Å²) in [6, 6.07) is 19.6. The van der Waals surface area contributed by atoms with E-state index in [0.717, 1.165) is 0 Å². The van der Waals surface area contributed by atoms with E-state index in [2.05, 4.69) is 5.32 Å². The smallest absolute Gasteiger partial charge is 0.343 e. The van der Waals surface area contributed by atoms with Crippen LogP contribution < -0.4 is 5.32 Å². The second kappa shape index (κ2) is 8.14. The minimum atomic E-state index is -1.25. The largest absolute Gasteiger partial charge is 0.507 e. The van der Waals surface area contributed by atoms with Gasteiger partial charge in [-0.25, -0.2) is 9.18 Å². The van der Waals surface area contributed by atoms with E-state index < -0.39 is 23.8 Å². The van der Waals surface area contributed by atoms with Gasteiger partial charge in [0.1, 0.15) is 17.1 Å². The number of carbonyl (C=O) groups excluding carboxylic acids is 2. The van der Waals surface area contributed by atoms with Crippen LogP contribution in [0.3, 0.4) is 0 Å². The minimum Gasteiger partial charge on any atom is -0.507 e. The number of nitrogens with one attached hydrogen (secondary N) is 1. The van der Waals surface area contributed by atoms with Gasteiger partial charge in [-0.2, -0.15) is 0 Å². The van der Waals surface area contributed by atoms with Crippen LogP contribution in [0.5, 0.6) is 5.75 Å². The topological polar surface area (TPSA) is 75.6 Å². The molecule has 1 amide bonds. The molecule has 5 nitrogen and oxygen atoms in total. The Bertz CT molecular complexity index is 942. The zero-order valence-electron chi connectivity index (χ0n) is 14.1. The van der Waals surface area contributed by atoms with Crippen LogP contribution in [0.25, 0.3) is 0 Å². The highest BCUT2D eigenvalue weighted by atomic mass is 19.1. The molecule has 0 saturated carbocycles. The number of carbonyl (C=O) groups is 2. The number of hydrogen-bond acceptors (Lipinski definition) is 4. The van der Waals surface area contributed by atoms with Crippen LogP contribution in [0.15, 0.2) is 78.9 Å². The van der Waals surface area contributed by atoms with Gasteiger partial charge in [0, 0.05) is 11.3 Å². The third-order valence-electron chi connectivity index (χ3n) is 3.80. The summed E-state index contributed by atoms with van der Waals surface area (Å²) in [5, 5.41) is 12.4. The number of rotatable bonds is 5. The van der Waals surface area contributed by atoms with E-state index in [-0.39, 0.29) is 11.3 Å². The fraction of sp³-hybridized carbons (Fsp3) is 0.0476. The molecule has 0 aliphatic heterocycles. The summed E-state index contributed by atoms with van der Waals surface area (Å²) in [6.07, 6.45) is -1.25. The molecule has 0 aliphatic rings. The summed E-state index contributed by atoms with van der Waals surface area (Å²) >= 11 is 0. The van der Waals surface area contributed by atoms with E-state index in [1.165, 1.54) is 36.4 Å². The van der Waals surface area contributed by atoms with Crippen molar-refractivity contribution in [2.45, 2.75) is 6.10 Å². The molecule has 2 N–H and O–H groups in total. The van der Waals surface area contributed by atoms with E-state index in [1.807, 2.05) is 0 Å². The predicted molar refractivity (Wildman–Crippen MR) is 97.7 cm³/mol. The lowest BCUT2D eigenvalue weighted by Crippen LogP contribution is -2.26. The van der Waals surface area contributed by atoms with Crippen LogP contribution in [0.1, 0.15) is 22.0 Å². The summed E-state index contributed by atoms with van der Waals surface area (Å²) in [7, 11) is 0. The van der Waals surface area contributed by atoms with Gasteiger partial charge in [0.05, 0.1) is 0 Å². The third-order valence-corrected chi connectivity index (χ3v) is 3.80. The molecule has 0 radical (unpaired) electrons. The maximum absolute atomic E-state index is 13.0. The van der Waals surface area contributed by atoms with E-state index in [0.29, 0.717) is 11.3 Å². The van der Waals surface area contributed by atoms with Crippen molar-refractivity contribution in [3.8, 4) is 5.75 Å². The van der Waals surface area contributed by atoms with Gasteiger partial charge in [0.15, 0.2) is 0 Å². The van der Waals surface area contributed by atoms with Gasteiger partial charge in [-0.15, -0.1) is 0 Å². The molecule has 1 atom stereocenters. The Hall–Kier alpha value is -3.67. The molecule has 136 valence electrons. The Morgan fingerprint density at radius 1 is 0.889 bits per heavy atom. The van der Waals surface area contributed by atoms with Gasteiger partial charge in [-0.3, -0.25) is 4.79 Å². The molecule has 3 rings (SSSR count). The highest BCUT2D eigenvalue weighted by Crippen LogP contribution is 2.24. The first kappa shape index (κ1) is 18.1. The highest BCUT2D eigenvalue weighted by molar-refractivity contribution is 5.99. The van der Waals surface area contributed by atoms with E-state index in [1.54, 1.807) is 42.5 Å². The first-order valence-corrected chi connectivity index (χ1v) is 8.15. The molecule has 0 unspecified atom stereocenters. The number of aromatic hydroxyl groups is 1. The van der Waals surface area contributed by atoms with Crippen molar-refractivity contribution in [2.75, 3.05) is 5.32 Å². The average Bonchev–Trinajstić information content (AvgIpc) is 2.68. The lowest BCUT2D eigenvalue weighted by molar-refractivity contribution is -0.125. The summed E-state index contributed by atoms with van der Waals surface area (Å²) < 4.78 is 18.4. The zero-order chi connectivity index (χ0) is 19.2. The summed E-state index contributed by atoms with van der Waals surface area (Å²) in [6.45, 7) is 0. The predicted octanol–water partition coefficient (Wildman–Crippen LogP) is 4.07. The van der Waals surface area contributed by atoms with Crippen LogP contribution in [0, 0.1) is 5.82 Å². The Kier molecular flexibility index (Phi) is 5.47. The van der Waals surface area contributed by atoms with E-state index >= 15 is 0 Å². The minimum absolute atomic E-state index is 0.0481. The second-order valence-electron chi connectivity index (χ2n) is 5.71. The van der Waals surface area contributed by atoms with Crippen molar-refractivity contribution >= 4 is 17.6 Å². The standard InChI is InChI=1S/C21H16FNO4/c22-15-10-12-16(13-11-15)23-20(25)19(14-6-2-1-3-7-14)27-21(26)17-8-4-5-9-18(17)24/h1-13,19,24H,(H,23,25)/t19-/m0/s1. The van der Waals surface area contributed by atoms with Gasteiger partial charge in [0.25, 0.3) is 5.91 Å². The lowest BCUT2D eigenvalue weighted by Gasteiger charge is -2.18. The second-order valence-corrected chi connectivity index (χ2v) is 5.71. The third kappa shape index (κ3) is 4.49. The number of phenolic OH excluding ortho intramolecular Hbond substituents is 1. The van der Waals surface area contributed by atoms with Crippen molar-refractivity contribution in [1.82, 2.24) is 0 Å². The van der Waals surface area contributed by atoms with Gasteiger partial charge in [-0.05, 0) is 36.4 Å². The first-order valence-electron chi connectivity index (χ1n) is 8.15. The summed E-state index contributed by atoms with van der Waals surface area (Å²) in [5.74, 6) is -2.11. The SMILES string of the molecule is O=C(O[C@H](C(=O)Nc1ccc(F)cc1)c1ccccc1)c1ccccc1O. The number of phenols is 1. The maximum atomic E-state index is 13.0. The van der Waals surface area contributed by atoms with Crippen molar-refractivity contribution in [1.29, 1.82) is 0 Å². The van der Waals surface area contributed by atoms with E-state index in [9.17, 15) is 19.1 Å². The molecule has 27 heavy (non-hydrogen) atoms. The first-order chi connectivity index (χ1) is 13.0. The molecule has 0 aliphatic carbocycles. The number of para-hydroxylation sites is 1. The number of benzene rings is 3. The fourth-order valence-electron chi connectivity index (χ4n) is 2.46. The maximum Gasteiger partial charge on any atom is 0.343 e. The van der Waals surface area contributed by atoms with Crippen LogP contribution in [-0.2, 0) is 9.53 Å². The van der Waals surface area contributed by atoms with Crippen LogP contribution in [0.4, 0.5) is 10.1 Å². The van der Waals surface area contributed by atoms with Gasteiger partial charge in [-0.1, -0.05) is 42.5 Å². The summed E-state index contributed by atoms with van der Waals surface area (Å²) in [5.41, 5.74) is 0.773. The molecule has 0 fully saturated rings. The van der Waals surface area contributed by atoms with Crippen LogP contribution in [0.2, 0.25) is 0 Å². The molecule has 3 aromatic carbocycles. The van der Waals surface area contributed by atoms with Crippen molar-refractivity contribution in [3.63, 3.8) is 0 Å². The number of halogens is 1. The average molecular weight is 365 g/mol. The Morgan fingerprint density at radius 2 is 1.52 bits per heavy atom. The van der Waals surface area contributed by atoms with E-state index in [4.69, 9.17) is 4.74 Å². The molecule has 0 aromatic heterocycles. The molecule has 3 aromatic rings. The lowest BCUT2D eigenvalue weighted by atomic mass is 10.1. The number of ether oxygens (including phenoxy) is 1. The van der Waals surface area contributed by atoms with Crippen LogP contribution in [-0.4, -0.2) is 17.0 Å². The van der Waals surface area contributed by atoms with Gasteiger partial charge >= 0.3 is 5.97 Å². The number of amides is 1. The monoisotopic (exact) mass is 365 g/mol. The van der Waals surface area contributed by atoms with Crippen LogP contribution >= 0.6 is 0 Å². The highest BCUT2D eigenvalue weighted by Gasteiger charge is 2.26. The summed E-state index contributed by atoms with van der Waals surface area (Å²) in [4.78, 5) is 25.1. The quantitative estimate of drug-likeness (QED) is 0.669. The molecular formula is C21H16FNO4. The molecule has 0 saturated heterocycles. The fourth-order valence-corrected chi connectivity index (χ4v) is 2.46. The Labute approximate surface area is 155 Å². The number of hydrogen-bond donors (Lipinski definition) is 2. The zero-order valence-corrected chi connectivity index (χ0v) is 14.1. The molecule has 6 heteroatoms. The van der Waals surface area contributed by atoms with Crippen molar-refractivity contribution < 1.29 is 23.8 Å². The normalized spacial score (nSPS) is 11.4. The molecule has 0 spiro atoms. The Morgan fingerprint density at radius 3 is 2.19 bits per heavy atom. The van der Waals surface area contributed by atoms with Crippen molar-refractivity contribution in [2.24, 2.45) is 0 Å². The molecule has 0 heterocycles. The number of esters is 1. The van der Waals surface area contributed by atoms with Crippen molar-refractivity contribution in [3.05, 3.63) is 95.8 Å². The van der Waals surface area contributed by atoms with Gasteiger partial charge < -0.3 is 15.2 Å².